The molecule has 2 aromatic rings. The lowest BCUT2D eigenvalue weighted by Crippen LogP contribution is -2.24. The van der Waals surface area contributed by atoms with Gasteiger partial charge in [-0.25, -0.2) is 9.37 Å². The van der Waals surface area contributed by atoms with Crippen LogP contribution >= 0.6 is 0 Å². The topological polar surface area (TPSA) is 45.7 Å². The molecule has 1 aliphatic carbocycles. The summed E-state index contributed by atoms with van der Waals surface area (Å²) in [5.41, 5.74) is 4.49. The number of hydrogen-bond donors (Lipinski definition) is 0. The molecule has 0 spiro atoms. The standard InChI is InChI=1S/C28H31N2O3/c1-28(2,3)33-27(31)21-11-9-8-10-20(21)26-22-14-12-18(29(4)5)16-24(22)32-25-17-19(30(6)7)13-15-23(25)26/h8-17H,1-7H3/q+1. The maximum Gasteiger partial charge on any atom is 0.339 e. The normalized spacial score (nSPS) is 11.6. The minimum atomic E-state index is -0.582. The predicted octanol–water partition coefficient (Wildman–Crippen LogP) is 5.26. The molecule has 0 saturated carbocycles. The Bertz CT molecular complexity index is 1390. The van der Waals surface area contributed by atoms with Crippen LogP contribution < -0.4 is 14.8 Å². The van der Waals surface area contributed by atoms with Crippen LogP contribution in [0.5, 0.6) is 0 Å². The zero-order chi connectivity index (χ0) is 23.9. The van der Waals surface area contributed by atoms with Gasteiger partial charge in [0, 0.05) is 48.4 Å². The Balaban J connectivity index is 2.09. The van der Waals surface area contributed by atoms with E-state index in [0.29, 0.717) is 5.56 Å². The molecule has 0 bridgehead atoms. The van der Waals surface area contributed by atoms with Gasteiger partial charge in [0.05, 0.1) is 11.6 Å². The van der Waals surface area contributed by atoms with Crippen molar-refractivity contribution in [1.82, 2.24) is 4.58 Å². The second-order valence-corrected chi connectivity index (χ2v) is 9.67. The molecule has 0 unspecified atom stereocenters. The highest BCUT2D eigenvalue weighted by atomic mass is 16.6. The van der Waals surface area contributed by atoms with E-state index in [1.54, 1.807) is 0 Å². The van der Waals surface area contributed by atoms with E-state index in [2.05, 4.69) is 24.3 Å². The highest BCUT2D eigenvalue weighted by Crippen LogP contribution is 2.42. The Hall–Kier alpha value is -3.60. The van der Waals surface area contributed by atoms with Crippen LogP contribution in [0.1, 0.15) is 31.1 Å². The molecule has 2 aromatic carbocycles. The third-order valence-corrected chi connectivity index (χ3v) is 5.54. The molecule has 170 valence electrons. The van der Waals surface area contributed by atoms with Gasteiger partial charge in [0.1, 0.15) is 31.0 Å². The van der Waals surface area contributed by atoms with Crippen LogP contribution in [0.25, 0.3) is 33.4 Å². The second kappa shape index (κ2) is 8.39. The zero-order valence-electron chi connectivity index (χ0n) is 20.4. The van der Waals surface area contributed by atoms with Crippen molar-refractivity contribution in [2.45, 2.75) is 26.4 Å². The first-order valence-electron chi connectivity index (χ1n) is 11.1. The molecule has 0 atom stereocenters. The smallest absolute Gasteiger partial charge is 0.339 e. The number of ether oxygens (including phenoxy) is 1. The van der Waals surface area contributed by atoms with Gasteiger partial charge in [-0.3, -0.25) is 0 Å². The minimum absolute atomic E-state index is 0.338. The summed E-state index contributed by atoms with van der Waals surface area (Å²) in [6.45, 7) is 5.64. The van der Waals surface area contributed by atoms with E-state index in [0.717, 1.165) is 44.5 Å². The number of rotatable bonds is 3. The molecule has 0 fully saturated rings. The maximum atomic E-state index is 13.2. The van der Waals surface area contributed by atoms with Gasteiger partial charge in [0.25, 0.3) is 0 Å². The van der Waals surface area contributed by atoms with Crippen LogP contribution in [0.4, 0.5) is 5.69 Å². The van der Waals surface area contributed by atoms with Gasteiger partial charge in [0.15, 0.2) is 0 Å². The van der Waals surface area contributed by atoms with E-state index in [1.165, 1.54) is 0 Å². The SMILES string of the molecule is CN(C)c1ccc2c(-c3ccccc3C(=O)OC(C)(C)C)c3ccc(=[N+](C)C)cc-3oc2c1. The summed E-state index contributed by atoms with van der Waals surface area (Å²) in [6.07, 6.45) is 0. The summed E-state index contributed by atoms with van der Waals surface area (Å²) in [4.78, 5) is 15.2. The van der Waals surface area contributed by atoms with Gasteiger partial charge < -0.3 is 14.1 Å². The Kier molecular flexibility index (Phi) is 5.75. The van der Waals surface area contributed by atoms with Gasteiger partial charge in [-0.1, -0.05) is 18.2 Å². The summed E-state index contributed by atoms with van der Waals surface area (Å²) < 4.78 is 14.2. The molecule has 0 radical (unpaired) electrons. The first-order valence-corrected chi connectivity index (χ1v) is 11.1. The van der Waals surface area contributed by atoms with Gasteiger partial charge in [-0.05, 0) is 50.6 Å². The third-order valence-electron chi connectivity index (χ3n) is 5.54. The zero-order valence-corrected chi connectivity index (χ0v) is 20.4. The van der Waals surface area contributed by atoms with Crippen molar-refractivity contribution in [3.05, 3.63) is 71.6 Å². The molecule has 2 aliphatic rings. The highest BCUT2D eigenvalue weighted by Gasteiger charge is 2.25. The summed E-state index contributed by atoms with van der Waals surface area (Å²) >= 11 is 0. The van der Waals surface area contributed by atoms with Gasteiger partial charge >= 0.3 is 5.97 Å². The number of hydrogen-bond acceptors (Lipinski definition) is 4. The fourth-order valence-electron chi connectivity index (χ4n) is 3.93. The molecule has 4 rings (SSSR count). The Morgan fingerprint density at radius 1 is 0.939 bits per heavy atom. The average molecular weight is 444 g/mol. The number of benzene rings is 3. The Morgan fingerprint density at radius 2 is 1.67 bits per heavy atom. The van der Waals surface area contributed by atoms with Crippen molar-refractivity contribution >= 4 is 22.6 Å². The number of esters is 1. The molecule has 1 heterocycles. The van der Waals surface area contributed by atoms with Crippen LogP contribution in [-0.4, -0.2) is 39.8 Å². The molecular weight excluding hydrogens is 412 g/mol. The lowest BCUT2D eigenvalue weighted by molar-refractivity contribution is 0.00704. The van der Waals surface area contributed by atoms with Crippen molar-refractivity contribution in [3.8, 4) is 22.5 Å². The summed E-state index contributed by atoms with van der Waals surface area (Å²) in [7, 11) is 8.02. The van der Waals surface area contributed by atoms with Crippen molar-refractivity contribution in [3.63, 3.8) is 0 Å². The first kappa shape index (κ1) is 22.6. The molecule has 0 saturated heterocycles. The fourth-order valence-corrected chi connectivity index (χ4v) is 3.93. The largest absolute Gasteiger partial charge is 0.456 e. The number of carbonyl (C=O) groups excluding carboxylic acids is 1. The molecule has 0 amide bonds. The minimum Gasteiger partial charge on any atom is -0.456 e. The van der Waals surface area contributed by atoms with E-state index >= 15 is 0 Å². The van der Waals surface area contributed by atoms with E-state index in [4.69, 9.17) is 9.15 Å². The van der Waals surface area contributed by atoms with E-state index in [9.17, 15) is 4.79 Å². The molecule has 1 aliphatic heterocycles. The van der Waals surface area contributed by atoms with Crippen LogP contribution in [-0.2, 0) is 4.74 Å². The average Bonchev–Trinajstić information content (AvgIpc) is 2.75. The van der Waals surface area contributed by atoms with Crippen molar-refractivity contribution in [2.75, 3.05) is 33.1 Å². The predicted molar refractivity (Wildman–Crippen MR) is 135 cm³/mol. The molecular formula is C28H31N2O3+. The molecule has 5 nitrogen and oxygen atoms in total. The van der Waals surface area contributed by atoms with E-state index in [1.807, 2.05) is 94.8 Å². The summed E-state index contributed by atoms with van der Waals surface area (Å²) in [5.74, 6) is 0.425. The number of nitrogens with zero attached hydrogens (tertiary/aromatic N) is 2. The van der Waals surface area contributed by atoms with Crippen LogP contribution in [0.2, 0.25) is 0 Å². The maximum absolute atomic E-state index is 13.2. The molecule has 0 N–H and O–H groups in total. The van der Waals surface area contributed by atoms with Gasteiger partial charge in [0.2, 0.25) is 5.36 Å². The number of carbonyl (C=O) groups is 1. The monoisotopic (exact) mass is 443 g/mol. The molecule has 0 aromatic heterocycles. The number of anilines is 1. The Morgan fingerprint density at radius 3 is 2.33 bits per heavy atom. The van der Waals surface area contributed by atoms with E-state index in [-0.39, 0.29) is 5.97 Å². The third kappa shape index (κ3) is 4.49. The van der Waals surface area contributed by atoms with Crippen molar-refractivity contribution < 1.29 is 13.9 Å². The van der Waals surface area contributed by atoms with Gasteiger partial charge in [-0.15, -0.1) is 0 Å². The first-order chi connectivity index (χ1) is 15.5. The second-order valence-electron chi connectivity index (χ2n) is 9.67. The number of fused-ring (bicyclic) bond motifs is 2. The lowest BCUT2D eigenvalue weighted by Gasteiger charge is -2.22. The molecule has 33 heavy (non-hydrogen) atoms. The Labute approximate surface area is 194 Å². The van der Waals surface area contributed by atoms with Crippen LogP contribution in [0.3, 0.4) is 0 Å². The van der Waals surface area contributed by atoms with Crippen molar-refractivity contribution in [2.24, 2.45) is 0 Å². The van der Waals surface area contributed by atoms with Crippen molar-refractivity contribution in [1.29, 1.82) is 0 Å². The fraction of sp³-hybridized carbons (Fsp3) is 0.286. The van der Waals surface area contributed by atoms with E-state index < -0.39 is 5.60 Å². The lowest BCUT2D eigenvalue weighted by atomic mass is 9.90. The van der Waals surface area contributed by atoms with Gasteiger partial charge in [-0.2, -0.15) is 0 Å². The summed E-state index contributed by atoms with van der Waals surface area (Å²) in [5, 5.41) is 1.99. The van der Waals surface area contributed by atoms with Crippen LogP contribution in [0, 0.1) is 0 Å². The highest BCUT2D eigenvalue weighted by molar-refractivity contribution is 6.08. The summed E-state index contributed by atoms with van der Waals surface area (Å²) in [6, 6.07) is 20.0. The molecule has 5 heteroatoms. The van der Waals surface area contributed by atoms with Crippen LogP contribution in [0.15, 0.2) is 65.1 Å². The quantitative estimate of drug-likeness (QED) is 0.246.